The van der Waals surface area contributed by atoms with Crippen LogP contribution in [0.15, 0.2) is 0 Å². The summed E-state index contributed by atoms with van der Waals surface area (Å²) < 4.78 is 0. The van der Waals surface area contributed by atoms with Crippen molar-refractivity contribution in [3.63, 3.8) is 0 Å². The second-order valence-corrected chi connectivity index (χ2v) is 6.74. The highest BCUT2D eigenvalue weighted by Crippen LogP contribution is 2.15. The molecule has 0 aliphatic rings. The number of nitrogens with two attached hydrogens (primary N) is 1. The molecular weight excluding hydrogens is 338 g/mol. The Hall–Kier alpha value is -1.81. The fourth-order valence-electron chi connectivity index (χ4n) is 1.52. The first-order valence-electron chi connectivity index (χ1n) is 7.56. The molecule has 0 aliphatic carbocycles. The number of hydrogen-bond acceptors (Lipinski definition) is 6. The van der Waals surface area contributed by atoms with Crippen molar-refractivity contribution >= 4 is 35.5 Å². The summed E-state index contributed by atoms with van der Waals surface area (Å²) in [6.07, 6.45) is 0.697. The van der Waals surface area contributed by atoms with Crippen LogP contribution in [0.3, 0.4) is 0 Å². The Morgan fingerprint density at radius 2 is 1.83 bits per heavy atom. The Balaban J connectivity index is 4.60. The van der Waals surface area contributed by atoms with E-state index in [1.165, 1.54) is 11.8 Å². The zero-order valence-electron chi connectivity index (χ0n) is 13.8. The summed E-state index contributed by atoms with van der Waals surface area (Å²) in [5, 5.41) is 22.3. The van der Waals surface area contributed by atoms with Gasteiger partial charge in [0.05, 0.1) is 0 Å². The first-order valence-corrected chi connectivity index (χ1v) is 8.61. The fourth-order valence-corrected chi connectivity index (χ4v) is 2.52. The molecule has 0 radical (unpaired) electrons. The molecule has 10 heteroatoms. The van der Waals surface area contributed by atoms with Gasteiger partial charge in [0.2, 0.25) is 11.8 Å². The third-order valence-electron chi connectivity index (χ3n) is 3.19. The molecule has 0 aromatic heterocycles. The topological polar surface area (TPSA) is 159 Å². The van der Waals surface area contributed by atoms with Crippen LogP contribution in [0.5, 0.6) is 0 Å². The molecule has 0 saturated carbocycles. The normalized spacial score (nSPS) is 14.3. The van der Waals surface area contributed by atoms with Crippen LogP contribution in [0.25, 0.3) is 0 Å². The predicted molar refractivity (Wildman–Crippen MR) is 89.6 cm³/mol. The molecule has 9 nitrogen and oxygen atoms in total. The van der Waals surface area contributed by atoms with E-state index in [0.717, 1.165) is 6.42 Å². The molecule has 0 heterocycles. The molecule has 0 aromatic rings. The van der Waals surface area contributed by atoms with E-state index in [2.05, 4.69) is 10.6 Å². The Morgan fingerprint density at radius 3 is 2.33 bits per heavy atom. The van der Waals surface area contributed by atoms with Crippen LogP contribution in [0.1, 0.15) is 33.1 Å². The molecule has 0 fully saturated rings. The molecule has 0 aromatic carbocycles. The first-order chi connectivity index (χ1) is 11.2. The van der Waals surface area contributed by atoms with E-state index in [1.807, 2.05) is 13.8 Å². The van der Waals surface area contributed by atoms with E-state index in [-0.39, 0.29) is 23.8 Å². The third-order valence-corrected chi connectivity index (χ3v) is 4.62. The van der Waals surface area contributed by atoms with Gasteiger partial charge in [0.15, 0.2) is 0 Å². The Kier molecular flexibility index (Phi) is 10.8. The fraction of sp³-hybridized carbons (Fsp3) is 0.714. The van der Waals surface area contributed by atoms with Gasteiger partial charge in [-0.25, -0.2) is 0 Å². The van der Waals surface area contributed by atoms with Crippen molar-refractivity contribution in [2.45, 2.75) is 50.4 Å². The minimum atomic E-state index is -1.20. The lowest BCUT2D eigenvalue weighted by molar-refractivity contribution is -0.139. The highest BCUT2D eigenvalue weighted by molar-refractivity contribution is 7.99. The maximum Gasteiger partial charge on any atom is 0.322 e. The van der Waals surface area contributed by atoms with E-state index in [1.54, 1.807) is 0 Å². The second-order valence-electron chi connectivity index (χ2n) is 5.27. The van der Waals surface area contributed by atoms with Crippen molar-refractivity contribution in [2.24, 2.45) is 5.73 Å². The third kappa shape index (κ3) is 10.1. The van der Waals surface area contributed by atoms with E-state index >= 15 is 0 Å². The SMILES string of the molecule is CCC(C)SCC(NC(=O)CCC(N)C(=O)O)C(=O)NCC(=O)O. The van der Waals surface area contributed by atoms with E-state index in [9.17, 15) is 19.2 Å². The highest BCUT2D eigenvalue weighted by atomic mass is 32.2. The molecular formula is C14H25N3O6S. The van der Waals surface area contributed by atoms with Crippen LogP contribution in [0, 0.1) is 0 Å². The summed E-state index contributed by atoms with van der Waals surface area (Å²) in [7, 11) is 0. The van der Waals surface area contributed by atoms with Gasteiger partial charge in [-0.3, -0.25) is 19.2 Å². The molecule has 0 aliphatic heterocycles. The van der Waals surface area contributed by atoms with Gasteiger partial charge in [-0.15, -0.1) is 0 Å². The summed E-state index contributed by atoms with van der Waals surface area (Å²) in [5.41, 5.74) is 5.32. The number of carboxylic acids is 2. The van der Waals surface area contributed by atoms with Gasteiger partial charge >= 0.3 is 11.9 Å². The summed E-state index contributed by atoms with van der Waals surface area (Å²) >= 11 is 1.48. The number of carbonyl (C=O) groups is 4. The average molecular weight is 363 g/mol. The number of amides is 2. The molecule has 138 valence electrons. The van der Waals surface area contributed by atoms with Crippen LogP contribution >= 0.6 is 11.8 Å². The minimum absolute atomic E-state index is 0.0524. The summed E-state index contributed by atoms with van der Waals surface area (Å²) in [4.78, 5) is 45.0. The van der Waals surface area contributed by atoms with Crippen LogP contribution in [0.4, 0.5) is 0 Å². The molecule has 0 spiro atoms. The average Bonchev–Trinajstić information content (AvgIpc) is 2.53. The maximum absolute atomic E-state index is 12.0. The van der Waals surface area contributed by atoms with Gasteiger partial charge in [0.1, 0.15) is 18.6 Å². The lowest BCUT2D eigenvalue weighted by Gasteiger charge is -2.19. The number of carboxylic acid groups (broad SMARTS) is 2. The number of rotatable bonds is 12. The summed E-state index contributed by atoms with van der Waals surface area (Å²) in [6.45, 7) is 3.43. The molecule has 24 heavy (non-hydrogen) atoms. The van der Waals surface area contributed by atoms with Crippen molar-refractivity contribution < 1.29 is 29.4 Å². The van der Waals surface area contributed by atoms with Crippen LogP contribution in [-0.2, 0) is 19.2 Å². The van der Waals surface area contributed by atoms with Gasteiger partial charge < -0.3 is 26.6 Å². The molecule has 0 rings (SSSR count). The van der Waals surface area contributed by atoms with Crippen molar-refractivity contribution in [1.29, 1.82) is 0 Å². The van der Waals surface area contributed by atoms with E-state index < -0.39 is 42.4 Å². The lowest BCUT2D eigenvalue weighted by Crippen LogP contribution is -2.49. The van der Waals surface area contributed by atoms with Crippen molar-refractivity contribution in [3.05, 3.63) is 0 Å². The smallest absolute Gasteiger partial charge is 0.322 e. The second kappa shape index (κ2) is 11.7. The quantitative estimate of drug-likeness (QED) is 0.307. The van der Waals surface area contributed by atoms with Crippen molar-refractivity contribution in [3.8, 4) is 0 Å². The van der Waals surface area contributed by atoms with E-state index in [0.29, 0.717) is 0 Å². The van der Waals surface area contributed by atoms with Gasteiger partial charge in [-0.2, -0.15) is 11.8 Å². The van der Waals surface area contributed by atoms with Crippen molar-refractivity contribution in [1.82, 2.24) is 10.6 Å². The molecule has 0 saturated heterocycles. The van der Waals surface area contributed by atoms with Gasteiger partial charge in [0, 0.05) is 17.4 Å². The molecule has 3 atom stereocenters. The minimum Gasteiger partial charge on any atom is -0.480 e. The largest absolute Gasteiger partial charge is 0.480 e. The molecule has 0 bridgehead atoms. The number of carbonyl (C=O) groups excluding carboxylic acids is 2. The maximum atomic E-state index is 12.0. The van der Waals surface area contributed by atoms with E-state index in [4.69, 9.17) is 15.9 Å². The van der Waals surface area contributed by atoms with Crippen LogP contribution in [-0.4, -0.2) is 63.6 Å². The number of thioether (sulfide) groups is 1. The summed E-state index contributed by atoms with van der Waals surface area (Å²) in [6, 6.07) is -2.04. The molecule has 3 unspecified atom stereocenters. The standard InChI is InChI=1S/C14H25N3O6S/c1-3-8(2)24-7-10(13(21)16-6-12(19)20)17-11(18)5-4-9(15)14(22)23/h8-10H,3-7,15H2,1-2H3,(H,16,21)(H,17,18)(H,19,20)(H,22,23). The zero-order valence-corrected chi connectivity index (χ0v) is 14.6. The molecule has 6 N–H and O–H groups in total. The zero-order chi connectivity index (χ0) is 18.7. The van der Waals surface area contributed by atoms with Gasteiger partial charge in [-0.1, -0.05) is 13.8 Å². The van der Waals surface area contributed by atoms with Crippen molar-refractivity contribution in [2.75, 3.05) is 12.3 Å². The number of aliphatic carboxylic acids is 2. The summed E-state index contributed by atoms with van der Waals surface area (Å²) in [5.74, 6) is -3.20. The van der Waals surface area contributed by atoms with Crippen LogP contribution < -0.4 is 16.4 Å². The molecule has 2 amide bonds. The predicted octanol–water partition coefficient (Wildman–Crippen LogP) is -0.604. The van der Waals surface area contributed by atoms with Gasteiger partial charge in [-0.05, 0) is 12.8 Å². The van der Waals surface area contributed by atoms with Crippen LogP contribution in [0.2, 0.25) is 0 Å². The lowest BCUT2D eigenvalue weighted by atomic mass is 10.1. The number of hydrogen-bond donors (Lipinski definition) is 5. The highest BCUT2D eigenvalue weighted by Gasteiger charge is 2.23. The monoisotopic (exact) mass is 363 g/mol. The Bertz CT molecular complexity index is 460. The Labute approximate surface area is 144 Å². The first kappa shape index (κ1) is 22.2. The van der Waals surface area contributed by atoms with Gasteiger partial charge in [0.25, 0.3) is 0 Å². The number of nitrogens with one attached hydrogen (secondary N) is 2. The Morgan fingerprint density at radius 1 is 1.21 bits per heavy atom.